The van der Waals surface area contributed by atoms with E-state index in [9.17, 15) is 0 Å². The van der Waals surface area contributed by atoms with E-state index >= 15 is 0 Å². The van der Waals surface area contributed by atoms with E-state index in [-0.39, 0.29) is 25.3 Å². The minimum Gasteiger partial charge on any atom is -0.311 e. The Morgan fingerprint density at radius 2 is 0.598 bits per heavy atom. The quantitative estimate of drug-likeness (QED) is 0.107. The summed E-state index contributed by atoms with van der Waals surface area (Å²) in [7, 11) is 0. The summed E-state index contributed by atoms with van der Waals surface area (Å²) in [5, 5.41) is 0. The van der Waals surface area contributed by atoms with Gasteiger partial charge in [0.1, 0.15) is 0 Å². The second-order valence-corrected chi connectivity index (χ2v) is 26.7. The number of para-hydroxylation sites is 9. The second-order valence-electron chi connectivity index (χ2n) is 26.7. The number of hydrogen-bond donors (Lipinski definition) is 0. The van der Waals surface area contributed by atoms with E-state index in [2.05, 4.69) is 353 Å². The summed E-state index contributed by atoms with van der Waals surface area (Å²) >= 11 is 0. The topological polar surface area (TPSA) is 16.2 Å². The molecule has 446 valence electrons. The Kier molecular flexibility index (Phi) is 14.2. The maximum Gasteiger partial charge on any atom is 0.252 e. The standard InChI is InChI=1S/C85H75B2N5/c1-55(2)66-36-18-24-42-74(66)91(75-43-25-19-37-67(75)56(3)4)64-49-60-48-59-50-80-73(54-72(59)86-70-40-22-28-46-78(70)88(81(51-64)84(60)86)61-30-12-9-13-31-61)87-71-41-23-29-47-79(71)89(62-32-14-10-15-33-62)82-52-65(53-83(85(82)87)90(80)63-34-16-11-17-35-63)92(76-44-26-20-38-68(76)57(5)6)77-45-27-21-39-69(77)58(7)8/h9-47,49-58H,48H2,1-8H3. The molecule has 0 bridgehead atoms. The molecule has 0 saturated carbocycles. The predicted octanol–water partition coefficient (Wildman–Crippen LogP) is 19.4. The largest absolute Gasteiger partial charge is 0.311 e. The van der Waals surface area contributed by atoms with E-state index in [1.54, 1.807) is 0 Å². The van der Waals surface area contributed by atoms with Crippen molar-refractivity contribution in [1.29, 1.82) is 0 Å². The molecule has 4 heterocycles. The zero-order chi connectivity index (χ0) is 62.5. The first-order valence-electron chi connectivity index (χ1n) is 33.2. The van der Waals surface area contributed by atoms with Gasteiger partial charge in [0.15, 0.2) is 0 Å². The van der Waals surface area contributed by atoms with Crippen molar-refractivity contribution in [2.75, 3.05) is 24.5 Å². The first kappa shape index (κ1) is 57.0. The molecule has 0 N–H and O–H groups in total. The van der Waals surface area contributed by atoms with Crippen molar-refractivity contribution in [3.8, 4) is 0 Å². The van der Waals surface area contributed by atoms with Crippen molar-refractivity contribution in [1.82, 2.24) is 0 Å². The third-order valence-corrected chi connectivity index (χ3v) is 19.9. The molecule has 16 rings (SSSR count). The van der Waals surface area contributed by atoms with Gasteiger partial charge in [-0.3, -0.25) is 0 Å². The molecule has 0 fully saturated rings. The van der Waals surface area contributed by atoms with Crippen molar-refractivity contribution >= 4 is 132 Å². The normalized spacial score (nSPS) is 13.2. The van der Waals surface area contributed by atoms with E-state index in [1.807, 2.05) is 0 Å². The maximum absolute atomic E-state index is 2.68. The number of fused-ring (bicyclic) bond motifs is 8. The average Bonchev–Trinajstić information content (AvgIpc) is 0.690. The van der Waals surface area contributed by atoms with Gasteiger partial charge in [-0.2, -0.15) is 0 Å². The van der Waals surface area contributed by atoms with Crippen LogP contribution in [0.15, 0.2) is 273 Å². The first-order chi connectivity index (χ1) is 45.0. The molecule has 0 spiro atoms. The summed E-state index contributed by atoms with van der Waals surface area (Å²) in [6, 6.07) is 104. The van der Waals surface area contributed by atoms with Gasteiger partial charge >= 0.3 is 0 Å². The van der Waals surface area contributed by atoms with Crippen LogP contribution in [0.4, 0.5) is 85.3 Å². The Morgan fingerprint density at radius 1 is 0.272 bits per heavy atom. The molecule has 12 aromatic carbocycles. The smallest absolute Gasteiger partial charge is 0.252 e. The molecule has 12 aromatic rings. The Hall–Kier alpha value is -10.2. The molecule has 92 heavy (non-hydrogen) atoms. The summed E-state index contributed by atoms with van der Waals surface area (Å²) in [6.45, 7) is 18.5. The summed E-state index contributed by atoms with van der Waals surface area (Å²) in [5.41, 5.74) is 33.5. The van der Waals surface area contributed by atoms with Crippen LogP contribution >= 0.6 is 0 Å². The van der Waals surface area contributed by atoms with E-state index in [0.29, 0.717) is 11.8 Å². The Bertz CT molecular complexity index is 4700. The molecule has 4 aliphatic rings. The monoisotopic (exact) mass is 1190 g/mol. The lowest BCUT2D eigenvalue weighted by Gasteiger charge is -2.46. The first-order valence-corrected chi connectivity index (χ1v) is 33.2. The van der Waals surface area contributed by atoms with Crippen LogP contribution in [0.2, 0.25) is 0 Å². The molecule has 0 aromatic heterocycles. The lowest BCUT2D eigenvalue weighted by atomic mass is 9.29. The van der Waals surface area contributed by atoms with E-state index in [1.165, 1.54) is 123 Å². The second kappa shape index (κ2) is 22.9. The average molecular weight is 1190 g/mol. The van der Waals surface area contributed by atoms with Crippen LogP contribution in [-0.4, -0.2) is 13.4 Å². The van der Waals surface area contributed by atoms with Crippen LogP contribution in [0.25, 0.3) is 0 Å². The fraction of sp³-hybridized carbons (Fsp3) is 0.153. The number of nitrogens with zero attached hydrogens (tertiary/aromatic N) is 5. The number of hydrogen-bond acceptors (Lipinski definition) is 5. The van der Waals surface area contributed by atoms with Gasteiger partial charge in [0.25, 0.3) is 6.71 Å². The molecule has 0 saturated heterocycles. The maximum atomic E-state index is 2.68. The van der Waals surface area contributed by atoms with Gasteiger partial charge in [0.2, 0.25) is 6.71 Å². The molecule has 0 radical (unpaired) electrons. The minimum atomic E-state index is -0.108. The lowest BCUT2D eigenvalue weighted by molar-refractivity contribution is 0.854. The summed E-state index contributed by atoms with van der Waals surface area (Å²) in [4.78, 5) is 12.9. The van der Waals surface area contributed by atoms with Crippen LogP contribution in [0.5, 0.6) is 0 Å². The molecule has 0 unspecified atom stereocenters. The fourth-order valence-electron chi connectivity index (χ4n) is 15.9. The van der Waals surface area contributed by atoms with Crippen molar-refractivity contribution in [3.05, 3.63) is 306 Å². The highest BCUT2D eigenvalue weighted by molar-refractivity contribution is 7.02. The molecule has 5 nitrogen and oxygen atoms in total. The molecule has 7 heteroatoms. The third kappa shape index (κ3) is 9.21. The highest BCUT2D eigenvalue weighted by Crippen LogP contribution is 2.52. The fourth-order valence-corrected chi connectivity index (χ4v) is 15.9. The Morgan fingerprint density at radius 3 is 1.00 bits per heavy atom. The molecule has 0 aliphatic carbocycles. The highest BCUT2D eigenvalue weighted by Gasteiger charge is 2.48. The third-order valence-electron chi connectivity index (χ3n) is 19.9. The highest BCUT2D eigenvalue weighted by atomic mass is 15.2. The lowest BCUT2D eigenvalue weighted by Crippen LogP contribution is -2.65. The predicted molar refractivity (Wildman–Crippen MR) is 395 cm³/mol. The van der Waals surface area contributed by atoms with Crippen molar-refractivity contribution < 1.29 is 0 Å². The molecular weight excluding hydrogens is 1110 g/mol. The van der Waals surface area contributed by atoms with Crippen molar-refractivity contribution in [2.45, 2.75) is 85.5 Å². The SMILES string of the molecule is CC(C)c1ccccc1N(c1cc2c3c(c1)N(c1ccccc1)c1ccccc1B3c1cc3c(cc1C2)N(c1ccccc1)c1cc(N(c2ccccc2C(C)C)c2ccccc2C(C)C)cc2c1B3c1ccccc1N2c1ccccc1)c1ccccc1C(C)C. The van der Waals surface area contributed by atoms with Crippen molar-refractivity contribution in [3.63, 3.8) is 0 Å². The molecule has 4 aliphatic heterocycles. The summed E-state index contributed by atoms with van der Waals surface area (Å²) in [6.07, 6.45) is 0.751. The van der Waals surface area contributed by atoms with Gasteiger partial charge < -0.3 is 24.5 Å². The van der Waals surface area contributed by atoms with Crippen LogP contribution in [0.1, 0.15) is 112 Å². The minimum absolute atomic E-state index is 0.0534. The van der Waals surface area contributed by atoms with Gasteiger partial charge in [-0.05, 0) is 194 Å². The zero-order valence-electron chi connectivity index (χ0n) is 53.9. The molecular formula is C85H75B2N5. The number of benzene rings is 12. The van der Waals surface area contributed by atoms with E-state index in [4.69, 9.17) is 0 Å². The van der Waals surface area contributed by atoms with Gasteiger partial charge in [-0.25, -0.2) is 0 Å². The number of rotatable bonds is 13. The Balaban J connectivity index is 0.995. The zero-order valence-corrected chi connectivity index (χ0v) is 53.9. The van der Waals surface area contributed by atoms with Crippen LogP contribution in [0.3, 0.4) is 0 Å². The summed E-state index contributed by atoms with van der Waals surface area (Å²) < 4.78 is 0. The van der Waals surface area contributed by atoms with Gasteiger partial charge in [-0.15, -0.1) is 0 Å². The van der Waals surface area contributed by atoms with Crippen LogP contribution in [-0.2, 0) is 6.42 Å². The van der Waals surface area contributed by atoms with Gasteiger partial charge in [0, 0.05) is 79.6 Å². The molecule has 0 atom stereocenters. The van der Waals surface area contributed by atoms with Crippen molar-refractivity contribution in [2.24, 2.45) is 0 Å². The van der Waals surface area contributed by atoms with E-state index in [0.717, 1.165) is 34.9 Å². The van der Waals surface area contributed by atoms with Gasteiger partial charge in [-0.1, -0.05) is 231 Å². The van der Waals surface area contributed by atoms with Crippen LogP contribution < -0.4 is 57.3 Å². The summed E-state index contributed by atoms with van der Waals surface area (Å²) in [5.74, 6) is 1.14. The van der Waals surface area contributed by atoms with Gasteiger partial charge in [0.05, 0.1) is 5.69 Å². The number of anilines is 15. The van der Waals surface area contributed by atoms with E-state index < -0.39 is 0 Å². The molecule has 0 amide bonds. The van der Waals surface area contributed by atoms with Crippen LogP contribution in [0, 0.1) is 0 Å². The Labute approximate surface area is 544 Å².